The fourth-order valence-electron chi connectivity index (χ4n) is 14.4. The van der Waals surface area contributed by atoms with Crippen LogP contribution in [-0.4, -0.2) is 96.7 Å². The fourth-order valence-corrected chi connectivity index (χ4v) is 16.0. The fraction of sp³-hybridized carbons (Fsp3) is 0.957. The molecule has 0 aliphatic carbocycles. The van der Waals surface area contributed by atoms with Gasteiger partial charge >= 0.3 is 39.5 Å². The molecule has 0 saturated carbocycles. The second kappa shape index (κ2) is 80.5. The van der Waals surface area contributed by atoms with Crippen LogP contribution >= 0.6 is 15.6 Å². The maximum Gasteiger partial charge on any atom is 0.472 e. The van der Waals surface area contributed by atoms with Gasteiger partial charge in [-0.1, -0.05) is 434 Å². The maximum atomic E-state index is 13.2. The summed E-state index contributed by atoms with van der Waals surface area (Å²) in [6, 6.07) is 0. The number of hydrogen-bond donors (Lipinski definition) is 3. The van der Waals surface area contributed by atoms with Crippen LogP contribution in [0.2, 0.25) is 0 Å². The van der Waals surface area contributed by atoms with Gasteiger partial charge in [-0.3, -0.25) is 37.3 Å². The highest BCUT2D eigenvalue weighted by atomic mass is 31.2. The molecule has 0 saturated heterocycles. The third-order valence-corrected chi connectivity index (χ3v) is 23.5. The first-order valence-corrected chi connectivity index (χ1v) is 50.2. The predicted molar refractivity (Wildman–Crippen MR) is 460 cm³/mol. The van der Waals surface area contributed by atoms with E-state index >= 15 is 0 Å². The van der Waals surface area contributed by atoms with Gasteiger partial charge in [0.1, 0.15) is 19.3 Å². The number of carbonyl (C=O) groups is 4. The van der Waals surface area contributed by atoms with Crippen LogP contribution in [0.5, 0.6) is 0 Å². The smallest absolute Gasteiger partial charge is 0.462 e. The summed E-state index contributed by atoms with van der Waals surface area (Å²) in [5, 5.41) is 10.7. The van der Waals surface area contributed by atoms with Gasteiger partial charge in [0.25, 0.3) is 0 Å². The zero-order valence-electron chi connectivity index (χ0n) is 73.6. The third kappa shape index (κ3) is 85.8. The molecule has 0 aliphatic heterocycles. The number of esters is 4. The van der Waals surface area contributed by atoms with Gasteiger partial charge < -0.3 is 33.8 Å². The summed E-state index contributed by atoms with van der Waals surface area (Å²) >= 11 is 0. The Bertz CT molecular complexity index is 2150. The average Bonchev–Trinajstić information content (AvgIpc) is 0.903. The van der Waals surface area contributed by atoms with Crippen LogP contribution in [0.3, 0.4) is 0 Å². The number of unbranched alkanes of at least 4 members (excludes halogenated alkanes) is 55. The van der Waals surface area contributed by atoms with Gasteiger partial charge in [0.15, 0.2) is 12.2 Å². The summed E-state index contributed by atoms with van der Waals surface area (Å²) in [5.41, 5.74) is 0. The Balaban J connectivity index is 5.25. The number of phosphoric acid groups is 2. The molecule has 660 valence electrons. The van der Waals surface area contributed by atoms with Crippen molar-refractivity contribution in [3.63, 3.8) is 0 Å². The largest absolute Gasteiger partial charge is 0.472 e. The molecule has 111 heavy (non-hydrogen) atoms. The van der Waals surface area contributed by atoms with Crippen LogP contribution in [0.4, 0.5) is 0 Å². The lowest BCUT2D eigenvalue weighted by atomic mass is 10.0. The van der Waals surface area contributed by atoms with Crippen molar-refractivity contribution in [3.8, 4) is 0 Å². The normalized spacial score (nSPS) is 13.8. The van der Waals surface area contributed by atoms with Crippen molar-refractivity contribution >= 4 is 39.5 Å². The van der Waals surface area contributed by atoms with Gasteiger partial charge in [0, 0.05) is 25.7 Å². The number of rotatable bonds is 89. The second-order valence-electron chi connectivity index (χ2n) is 35.0. The number of phosphoric ester groups is 2. The molecule has 0 fully saturated rings. The van der Waals surface area contributed by atoms with Crippen molar-refractivity contribution in [2.24, 2.45) is 23.7 Å². The number of hydrogen-bond acceptors (Lipinski definition) is 15. The highest BCUT2D eigenvalue weighted by Gasteiger charge is 2.31. The topological polar surface area (TPSA) is 237 Å². The van der Waals surface area contributed by atoms with E-state index in [1.165, 1.54) is 289 Å². The van der Waals surface area contributed by atoms with E-state index in [2.05, 4.69) is 55.4 Å². The van der Waals surface area contributed by atoms with E-state index in [-0.39, 0.29) is 25.7 Å². The summed E-state index contributed by atoms with van der Waals surface area (Å²) in [5.74, 6) is 1.08. The Labute approximate surface area is 683 Å². The van der Waals surface area contributed by atoms with E-state index < -0.39 is 97.5 Å². The van der Waals surface area contributed by atoms with Crippen molar-refractivity contribution < 1.29 is 80.2 Å². The summed E-state index contributed by atoms with van der Waals surface area (Å²) in [6.45, 7) is 14.4. The van der Waals surface area contributed by atoms with Gasteiger partial charge in [-0.05, 0) is 49.4 Å². The number of aliphatic hydroxyl groups excluding tert-OH is 1. The van der Waals surface area contributed by atoms with Crippen LogP contribution in [-0.2, 0) is 65.4 Å². The van der Waals surface area contributed by atoms with E-state index in [1.807, 2.05) is 0 Å². The van der Waals surface area contributed by atoms with E-state index in [0.29, 0.717) is 25.7 Å². The van der Waals surface area contributed by atoms with Gasteiger partial charge in [0.05, 0.1) is 26.4 Å². The first-order chi connectivity index (χ1) is 53.6. The lowest BCUT2D eigenvalue weighted by molar-refractivity contribution is -0.161. The molecule has 0 aliphatic rings. The molecule has 0 spiro atoms. The summed E-state index contributed by atoms with van der Waals surface area (Å²) in [6.07, 6.45) is 72.3. The maximum absolute atomic E-state index is 13.2. The Morgan fingerprint density at radius 1 is 0.225 bits per heavy atom. The molecule has 19 heteroatoms. The average molecular weight is 1620 g/mol. The molecule has 2 unspecified atom stereocenters. The molecular weight excluding hydrogens is 1440 g/mol. The molecule has 0 aromatic carbocycles. The Hall–Kier alpha value is -1.94. The minimum atomic E-state index is -4.97. The van der Waals surface area contributed by atoms with E-state index in [1.54, 1.807) is 0 Å². The van der Waals surface area contributed by atoms with Crippen molar-refractivity contribution in [1.29, 1.82) is 0 Å². The molecule has 0 rings (SSSR count). The molecule has 0 aromatic heterocycles. The van der Waals surface area contributed by atoms with Crippen LogP contribution in [0, 0.1) is 23.7 Å². The predicted octanol–water partition coefficient (Wildman–Crippen LogP) is 28.3. The highest BCUT2D eigenvalue weighted by Crippen LogP contribution is 2.45. The molecular formula is C92H180O17P2. The third-order valence-electron chi connectivity index (χ3n) is 21.6. The monoisotopic (exact) mass is 1620 g/mol. The lowest BCUT2D eigenvalue weighted by Crippen LogP contribution is -2.30. The second-order valence-corrected chi connectivity index (χ2v) is 37.9. The Morgan fingerprint density at radius 2 is 0.378 bits per heavy atom. The van der Waals surface area contributed by atoms with Crippen molar-refractivity contribution in [2.45, 2.75) is 504 Å². The minimum Gasteiger partial charge on any atom is -0.462 e. The molecule has 0 amide bonds. The Kier molecular flexibility index (Phi) is 79.1. The lowest BCUT2D eigenvalue weighted by Gasteiger charge is -2.21. The van der Waals surface area contributed by atoms with Crippen LogP contribution in [0.1, 0.15) is 486 Å². The molecule has 0 radical (unpaired) electrons. The van der Waals surface area contributed by atoms with Crippen molar-refractivity contribution in [3.05, 3.63) is 0 Å². The first kappa shape index (κ1) is 109. The molecule has 0 bridgehead atoms. The quantitative estimate of drug-likeness (QED) is 0.0222. The summed E-state index contributed by atoms with van der Waals surface area (Å²) in [7, 11) is -9.94. The molecule has 0 heterocycles. The Morgan fingerprint density at radius 3 is 0.559 bits per heavy atom. The molecule has 5 atom stereocenters. The standard InChI is InChI=1S/C92H180O17P2/c1-82(2)68-60-52-44-36-29-23-17-13-9-11-15-19-26-32-40-48-56-64-72-89(94)102-78-87(108-91(96)74-66-58-50-41-33-27-20-16-12-10-14-18-24-30-37-45-53-61-69-83(3)4)80-106-110(98,99)104-76-86(93)77-105-111(100,101)107-81-88(79-103-90(95)73-65-57-49-43-35-39-47-55-63-71-85(7)8)109-92(97)75-67-59-51-42-34-28-22-21-25-31-38-46-54-62-70-84(5)6/h82-88,93H,9-81H2,1-8H3,(H,98,99)(H,100,101)/t86-,87-,88-/m1/s1. The number of aliphatic hydroxyl groups is 1. The molecule has 0 aromatic rings. The van der Waals surface area contributed by atoms with E-state index in [9.17, 15) is 43.2 Å². The zero-order valence-corrected chi connectivity index (χ0v) is 75.4. The van der Waals surface area contributed by atoms with Gasteiger partial charge in [-0.2, -0.15) is 0 Å². The van der Waals surface area contributed by atoms with E-state index in [0.717, 1.165) is 114 Å². The minimum absolute atomic E-state index is 0.107. The SMILES string of the molecule is CC(C)CCCCCCCCCCCCCCCCCCCCC(=O)OC[C@H](COP(=O)(O)OC[C@@H](O)COP(=O)(O)OC[C@@H](COC(=O)CCCCCCCCCCCC(C)C)OC(=O)CCCCCCCCCCCCCCCCC(C)C)OC(=O)CCCCCCCCCCCCCCCCCCCCC(C)C. The zero-order chi connectivity index (χ0) is 81.6. The molecule has 3 N–H and O–H groups in total. The van der Waals surface area contributed by atoms with Crippen molar-refractivity contribution in [1.82, 2.24) is 0 Å². The number of ether oxygens (including phenoxy) is 4. The molecule has 17 nitrogen and oxygen atoms in total. The highest BCUT2D eigenvalue weighted by molar-refractivity contribution is 7.47. The van der Waals surface area contributed by atoms with Crippen LogP contribution in [0.25, 0.3) is 0 Å². The summed E-state index contributed by atoms with van der Waals surface area (Å²) < 4.78 is 69.1. The van der Waals surface area contributed by atoms with Gasteiger partial charge in [-0.25, -0.2) is 9.13 Å². The van der Waals surface area contributed by atoms with Gasteiger partial charge in [0.2, 0.25) is 0 Å². The number of carbonyl (C=O) groups excluding carboxylic acids is 4. The van der Waals surface area contributed by atoms with Crippen LogP contribution in [0.15, 0.2) is 0 Å². The van der Waals surface area contributed by atoms with E-state index in [4.69, 9.17) is 37.0 Å². The summed E-state index contributed by atoms with van der Waals surface area (Å²) in [4.78, 5) is 73.5. The van der Waals surface area contributed by atoms with Gasteiger partial charge in [-0.15, -0.1) is 0 Å². The van der Waals surface area contributed by atoms with Crippen LogP contribution < -0.4 is 0 Å². The van der Waals surface area contributed by atoms with Crippen molar-refractivity contribution in [2.75, 3.05) is 39.6 Å². The first-order valence-electron chi connectivity index (χ1n) is 47.2.